The summed E-state index contributed by atoms with van der Waals surface area (Å²) in [4.78, 5) is 23.1. The van der Waals surface area contributed by atoms with Gasteiger partial charge in [-0.15, -0.1) is 0 Å². The van der Waals surface area contributed by atoms with Crippen LogP contribution in [0.15, 0.2) is 11.3 Å². The number of amides is 1. The number of carbonyl (C=O) groups excluding carboxylic acids is 2. The Kier molecular flexibility index (Phi) is 3.96. The zero-order chi connectivity index (χ0) is 13.9. The fourth-order valence-corrected chi connectivity index (χ4v) is 1.92. The zero-order valence-electron chi connectivity index (χ0n) is 10.9. The lowest BCUT2D eigenvalue weighted by Crippen LogP contribution is -2.58. The largest absolute Gasteiger partial charge is 0.465 e. The van der Waals surface area contributed by atoms with Crippen molar-refractivity contribution in [3.05, 3.63) is 11.3 Å². The van der Waals surface area contributed by atoms with Crippen LogP contribution in [0.3, 0.4) is 0 Å². The molecule has 0 aromatic heterocycles. The van der Waals surface area contributed by atoms with Gasteiger partial charge in [-0.3, -0.25) is 4.79 Å². The Balaban J connectivity index is 3.20. The van der Waals surface area contributed by atoms with Crippen molar-refractivity contribution >= 4 is 11.9 Å². The lowest BCUT2D eigenvalue weighted by molar-refractivity contribution is -0.175. The van der Waals surface area contributed by atoms with Crippen LogP contribution in [0.2, 0.25) is 0 Å². The fraction of sp³-hybridized carbons (Fsp3) is 0.583. The van der Waals surface area contributed by atoms with E-state index in [0.29, 0.717) is 0 Å². The number of hydrogen-bond acceptors (Lipinski definition) is 5. The third-order valence-corrected chi connectivity index (χ3v) is 2.96. The predicted octanol–water partition coefficient (Wildman–Crippen LogP) is 0.846. The number of rotatable bonds is 2. The van der Waals surface area contributed by atoms with E-state index < -0.39 is 17.6 Å². The molecule has 0 aliphatic carbocycles. The minimum absolute atomic E-state index is 0.0490. The average Bonchev–Trinajstić information content (AvgIpc) is 2.31. The number of nitrogens with zero attached hydrogens (tertiary/aromatic N) is 1. The van der Waals surface area contributed by atoms with Crippen molar-refractivity contribution in [3.63, 3.8) is 0 Å². The summed E-state index contributed by atoms with van der Waals surface area (Å²) >= 11 is 0. The van der Waals surface area contributed by atoms with E-state index >= 15 is 0 Å². The highest BCUT2D eigenvalue weighted by Crippen LogP contribution is 2.34. The highest BCUT2D eigenvalue weighted by Gasteiger charge is 2.48. The first-order valence-corrected chi connectivity index (χ1v) is 5.53. The van der Waals surface area contributed by atoms with Gasteiger partial charge in [0, 0.05) is 13.3 Å². The Morgan fingerprint density at radius 1 is 1.61 bits per heavy atom. The molecule has 0 saturated carbocycles. The van der Waals surface area contributed by atoms with Crippen molar-refractivity contribution in [3.8, 4) is 6.07 Å². The molecule has 18 heavy (non-hydrogen) atoms. The second kappa shape index (κ2) is 5.08. The molecule has 0 saturated heterocycles. The minimum atomic E-state index is -1.61. The summed E-state index contributed by atoms with van der Waals surface area (Å²) in [5, 5.41) is 11.4. The molecular weight excluding hydrogens is 236 g/mol. The molecule has 0 unspecified atom stereocenters. The normalized spacial score (nSPS) is 26.9. The standard InChI is InChI=1S/C12H16N2O4/c1-7-5-12(11(16)17-4,14-9(3)15)18-10(6-13)8(7)2/h7H,5H2,1-4H3,(H,14,15)/t7-,12+/m1/s1. The SMILES string of the molecule is COC(=O)[C@]1(NC(C)=O)C[C@@H](C)C(C)=C(C#N)O1. The molecule has 1 aliphatic heterocycles. The lowest BCUT2D eigenvalue weighted by atomic mass is 9.88. The van der Waals surface area contributed by atoms with E-state index in [-0.39, 0.29) is 18.1 Å². The van der Waals surface area contributed by atoms with Crippen molar-refractivity contribution < 1.29 is 19.1 Å². The summed E-state index contributed by atoms with van der Waals surface area (Å²) in [6, 6.07) is 1.89. The summed E-state index contributed by atoms with van der Waals surface area (Å²) in [6.07, 6.45) is 0.232. The van der Waals surface area contributed by atoms with Gasteiger partial charge in [-0.05, 0) is 18.4 Å². The Hall–Kier alpha value is -2.03. The van der Waals surface area contributed by atoms with Gasteiger partial charge in [-0.1, -0.05) is 6.92 Å². The summed E-state index contributed by atoms with van der Waals surface area (Å²) in [5.41, 5.74) is -0.854. The minimum Gasteiger partial charge on any atom is -0.465 e. The van der Waals surface area contributed by atoms with E-state index in [1.807, 2.05) is 13.0 Å². The molecule has 1 aliphatic rings. The fourth-order valence-electron chi connectivity index (χ4n) is 1.92. The maximum atomic E-state index is 11.8. The molecule has 0 fully saturated rings. The number of allylic oxidation sites excluding steroid dienone is 2. The van der Waals surface area contributed by atoms with Crippen molar-refractivity contribution in [2.24, 2.45) is 5.92 Å². The molecular formula is C12H16N2O4. The van der Waals surface area contributed by atoms with Crippen LogP contribution in [0.25, 0.3) is 0 Å². The van der Waals surface area contributed by atoms with Gasteiger partial charge < -0.3 is 14.8 Å². The molecule has 6 nitrogen and oxygen atoms in total. The summed E-state index contributed by atoms with van der Waals surface area (Å²) in [5.74, 6) is -1.17. The van der Waals surface area contributed by atoms with E-state index in [0.717, 1.165) is 5.57 Å². The van der Waals surface area contributed by atoms with E-state index in [4.69, 9.17) is 10.00 Å². The smallest absolute Gasteiger partial charge is 0.372 e. The Bertz CT molecular complexity index is 449. The molecule has 1 rings (SSSR count). The molecule has 0 aromatic rings. The molecule has 0 bridgehead atoms. The van der Waals surface area contributed by atoms with E-state index in [1.54, 1.807) is 6.92 Å². The highest BCUT2D eigenvalue weighted by atomic mass is 16.6. The average molecular weight is 252 g/mol. The van der Waals surface area contributed by atoms with Gasteiger partial charge in [0.1, 0.15) is 6.07 Å². The Morgan fingerprint density at radius 3 is 2.67 bits per heavy atom. The van der Waals surface area contributed by atoms with E-state index in [1.165, 1.54) is 14.0 Å². The van der Waals surface area contributed by atoms with E-state index in [2.05, 4.69) is 10.1 Å². The molecule has 0 spiro atoms. The second-order valence-electron chi connectivity index (χ2n) is 4.33. The molecule has 2 atom stereocenters. The second-order valence-corrected chi connectivity index (χ2v) is 4.33. The number of nitriles is 1. The molecule has 0 aromatic carbocycles. The number of methoxy groups -OCH3 is 1. The van der Waals surface area contributed by atoms with Gasteiger partial charge >= 0.3 is 5.97 Å². The highest BCUT2D eigenvalue weighted by molar-refractivity contribution is 5.86. The predicted molar refractivity (Wildman–Crippen MR) is 61.7 cm³/mol. The van der Waals surface area contributed by atoms with Gasteiger partial charge in [0.05, 0.1) is 7.11 Å². The quantitative estimate of drug-likeness (QED) is 0.736. The van der Waals surface area contributed by atoms with Crippen LogP contribution < -0.4 is 5.32 Å². The van der Waals surface area contributed by atoms with Crippen molar-refractivity contribution in [1.82, 2.24) is 5.32 Å². The van der Waals surface area contributed by atoms with Crippen LogP contribution in [-0.2, 0) is 19.1 Å². The van der Waals surface area contributed by atoms with Crippen LogP contribution in [-0.4, -0.2) is 24.7 Å². The topological polar surface area (TPSA) is 88.4 Å². The first kappa shape index (κ1) is 14.0. The summed E-state index contributed by atoms with van der Waals surface area (Å²) in [6.45, 7) is 4.89. The molecule has 1 amide bonds. The van der Waals surface area contributed by atoms with Crippen LogP contribution in [0.1, 0.15) is 27.2 Å². The van der Waals surface area contributed by atoms with Gasteiger partial charge in [0.15, 0.2) is 5.76 Å². The van der Waals surface area contributed by atoms with Crippen LogP contribution in [0.4, 0.5) is 0 Å². The molecule has 0 radical (unpaired) electrons. The molecule has 1 N–H and O–H groups in total. The van der Waals surface area contributed by atoms with Crippen LogP contribution >= 0.6 is 0 Å². The first-order chi connectivity index (χ1) is 8.36. The maximum Gasteiger partial charge on any atom is 0.372 e. The number of carbonyl (C=O) groups is 2. The van der Waals surface area contributed by atoms with Crippen molar-refractivity contribution in [2.75, 3.05) is 7.11 Å². The molecule has 6 heteroatoms. The number of esters is 1. The summed E-state index contributed by atoms with van der Waals surface area (Å²) < 4.78 is 10.0. The van der Waals surface area contributed by atoms with Crippen molar-refractivity contribution in [2.45, 2.75) is 32.9 Å². The molecule has 98 valence electrons. The third kappa shape index (κ3) is 2.45. The monoisotopic (exact) mass is 252 g/mol. The van der Waals surface area contributed by atoms with Crippen LogP contribution in [0.5, 0.6) is 0 Å². The first-order valence-electron chi connectivity index (χ1n) is 5.53. The third-order valence-electron chi connectivity index (χ3n) is 2.96. The Labute approximate surface area is 106 Å². The van der Waals surface area contributed by atoms with Gasteiger partial charge in [-0.25, -0.2) is 4.79 Å². The number of hydrogen-bond donors (Lipinski definition) is 1. The molecule has 1 heterocycles. The van der Waals surface area contributed by atoms with Crippen molar-refractivity contribution in [1.29, 1.82) is 5.26 Å². The van der Waals surface area contributed by atoms with E-state index in [9.17, 15) is 9.59 Å². The zero-order valence-corrected chi connectivity index (χ0v) is 10.9. The number of nitrogens with one attached hydrogen (secondary N) is 1. The Morgan fingerprint density at radius 2 is 2.22 bits per heavy atom. The van der Waals surface area contributed by atoms with Gasteiger partial charge in [0.2, 0.25) is 5.91 Å². The van der Waals surface area contributed by atoms with Gasteiger partial charge in [0.25, 0.3) is 5.72 Å². The maximum absolute atomic E-state index is 11.8. The van der Waals surface area contributed by atoms with Crippen LogP contribution in [0, 0.1) is 17.2 Å². The number of ether oxygens (including phenoxy) is 2. The van der Waals surface area contributed by atoms with Gasteiger partial charge in [-0.2, -0.15) is 5.26 Å². The summed E-state index contributed by atoms with van der Waals surface area (Å²) in [7, 11) is 1.21. The lowest BCUT2D eigenvalue weighted by Gasteiger charge is -2.37.